The van der Waals surface area contributed by atoms with E-state index in [1.165, 1.54) is 0 Å². The largest absolute Gasteiger partial charge is 0.504 e. The first-order chi connectivity index (χ1) is 5.84. The van der Waals surface area contributed by atoms with Gasteiger partial charge in [-0.1, -0.05) is 11.6 Å². The van der Waals surface area contributed by atoms with E-state index in [4.69, 9.17) is 16.7 Å². The average Bonchev–Trinajstić information content (AvgIpc) is 1.98. The Balaban J connectivity index is 3.35. The van der Waals surface area contributed by atoms with Gasteiger partial charge in [-0.3, -0.25) is 0 Å². The van der Waals surface area contributed by atoms with Crippen molar-refractivity contribution in [1.82, 2.24) is 0 Å². The fourth-order valence-corrected chi connectivity index (χ4v) is 1.02. The summed E-state index contributed by atoms with van der Waals surface area (Å²) in [6.07, 6.45) is -4.69. The molecule has 0 spiro atoms. The van der Waals surface area contributed by atoms with Crippen molar-refractivity contribution in [3.8, 4) is 5.75 Å². The van der Waals surface area contributed by atoms with Crippen molar-refractivity contribution in [3.63, 3.8) is 0 Å². The predicted octanol–water partition coefficient (Wildman–Crippen LogP) is 3.20. The van der Waals surface area contributed by atoms with Gasteiger partial charge >= 0.3 is 6.18 Å². The van der Waals surface area contributed by atoms with Gasteiger partial charge < -0.3 is 5.11 Å². The van der Waals surface area contributed by atoms with Crippen LogP contribution in [-0.4, -0.2) is 5.11 Å². The van der Waals surface area contributed by atoms with Gasteiger partial charge in [0.25, 0.3) is 0 Å². The third-order valence-electron chi connectivity index (χ3n) is 1.37. The minimum absolute atomic E-state index is 0.470. The van der Waals surface area contributed by atoms with Crippen molar-refractivity contribution in [2.45, 2.75) is 6.18 Å². The summed E-state index contributed by atoms with van der Waals surface area (Å²) < 4.78 is 48.6. The van der Waals surface area contributed by atoms with Gasteiger partial charge in [-0.05, 0) is 12.1 Å². The lowest BCUT2D eigenvalue weighted by Crippen LogP contribution is -2.06. The molecular formula is C7H3ClF4O. The maximum atomic E-state index is 12.4. The molecule has 0 aromatic heterocycles. The lowest BCUT2D eigenvalue weighted by molar-refractivity contribution is -0.137. The first-order valence-corrected chi connectivity index (χ1v) is 3.46. The van der Waals surface area contributed by atoms with E-state index in [9.17, 15) is 17.6 Å². The molecule has 1 aromatic rings. The Bertz CT molecular complexity index is 334. The van der Waals surface area contributed by atoms with Crippen LogP contribution in [0.2, 0.25) is 5.02 Å². The fourth-order valence-electron chi connectivity index (χ4n) is 0.760. The van der Waals surface area contributed by atoms with Crippen LogP contribution in [0, 0.1) is 5.82 Å². The van der Waals surface area contributed by atoms with E-state index in [0.717, 1.165) is 0 Å². The lowest BCUT2D eigenvalue weighted by Gasteiger charge is -2.09. The minimum Gasteiger partial charge on any atom is -0.504 e. The zero-order valence-electron chi connectivity index (χ0n) is 5.99. The van der Waals surface area contributed by atoms with Crippen LogP contribution in [0.4, 0.5) is 17.6 Å². The standard InChI is InChI=1S/C7H3ClF4O/c8-5-3(7(10,11)12)1-2-4(9)6(5)13/h1-2,13H. The van der Waals surface area contributed by atoms with Crippen molar-refractivity contribution >= 4 is 11.6 Å². The molecule has 0 aliphatic heterocycles. The molecular weight excluding hydrogens is 212 g/mol. The predicted molar refractivity (Wildman–Crippen MR) is 38.1 cm³/mol. The van der Waals surface area contributed by atoms with Gasteiger partial charge in [0, 0.05) is 0 Å². The zero-order valence-corrected chi connectivity index (χ0v) is 6.75. The molecule has 0 saturated carbocycles. The molecule has 1 rings (SSSR count). The lowest BCUT2D eigenvalue weighted by atomic mass is 10.2. The Kier molecular flexibility index (Phi) is 2.38. The van der Waals surface area contributed by atoms with E-state index in [0.29, 0.717) is 12.1 Å². The van der Waals surface area contributed by atoms with Gasteiger partial charge in [0.1, 0.15) is 0 Å². The first-order valence-electron chi connectivity index (χ1n) is 3.08. The van der Waals surface area contributed by atoms with Crippen LogP contribution in [0.1, 0.15) is 5.56 Å². The van der Waals surface area contributed by atoms with Crippen molar-refractivity contribution in [3.05, 3.63) is 28.5 Å². The summed E-state index contributed by atoms with van der Waals surface area (Å²) in [6, 6.07) is 0.974. The highest BCUT2D eigenvalue weighted by Crippen LogP contribution is 2.39. The van der Waals surface area contributed by atoms with E-state index in [1.807, 2.05) is 0 Å². The minimum atomic E-state index is -4.69. The molecule has 0 aliphatic rings. The van der Waals surface area contributed by atoms with Crippen LogP contribution in [-0.2, 0) is 6.18 Å². The smallest absolute Gasteiger partial charge is 0.417 e. The number of phenols is 1. The van der Waals surface area contributed by atoms with Crippen LogP contribution >= 0.6 is 11.6 Å². The van der Waals surface area contributed by atoms with Gasteiger partial charge in [-0.2, -0.15) is 13.2 Å². The van der Waals surface area contributed by atoms with E-state index >= 15 is 0 Å². The maximum Gasteiger partial charge on any atom is 0.417 e. The summed E-state index contributed by atoms with van der Waals surface area (Å²) in [4.78, 5) is 0. The van der Waals surface area contributed by atoms with Crippen molar-refractivity contribution in [2.24, 2.45) is 0 Å². The highest BCUT2D eigenvalue weighted by molar-refractivity contribution is 6.32. The second kappa shape index (κ2) is 3.06. The van der Waals surface area contributed by atoms with E-state index < -0.39 is 28.3 Å². The second-order valence-corrected chi connectivity index (χ2v) is 2.63. The van der Waals surface area contributed by atoms with Gasteiger partial charge in [0.2, 0.25) is 0 Å². The number of benzene rings is 1. The fraction of sp³-hybridized carbons (Fsp3) is 0.143. The molecule has 1 aromatic carbocycles. The third-order valence-corrected chi connectivity index (χ3v) is 1.75. The topological polar surface area (TPSA) is 20.2 Å². The van der Waals surface area contributed by atoms with Crippen molar-refractivity contribution in [1.29, 1.82) is 0 Å². The molecule has 0 amide bonds. The van der Waals surface area contributed by atoms with E-state index in [2.05, 4.69) is 0 Å². The van der Waals surface area contributed by atoms with Crippen LogP contribution in [0.15, 0.2) is 12.1 Å². The number of aromatic hydroxyl groups is 1. The molecule has 0 atom stereocenters. The molecule has 1 N–H and O–H groups in total. The Morgan fingerprint density at radius 3 is 2.23 bits per heavy atom. The average molecular weight is 215 g/mol. The number of hydrogen-bond acceptors (Lipinski definition) is 1. The number of rotatable bonds is 0. The van der Waals surface area contributed by atoms with E-state index in [1.54, 1.807) is 0 Å². The maximum absolute atomic E-state index is 12.4. The number of hydrogen-bond donors (Lipinski definition) is 1. The SMILES string of the molecule is Oc1c(F)ccc(C(F)(F)F)c1Cl. The molecule has 0 aliphatic carbocycles. The molecule has 6 heteroatoms. The highest BCUT2D eigenvalue weighted by atomic mass is 35.5. The van der Waals surface area contributed by atoms with Gasteiger partial charge in [-0.15, -0.1) is 0 Å². The van der Waals surface area contributed by atoms with Crippen LogP contribution in [0.5, 0.6) is 5.75 Å². The van der Waals surface area contributed by atoms with E-state index in [-0.39, 0.29) is 0 Å². The molecule has 0 radical (unpaired) electrons. The molecule has 13 heavy (non-hydrogen) atoms. The summed E-state index contributed by atoms with van der Waals surface area (Å²) in [6.45, 7) is 0. The molecule has 0 saturated heterocycles. The highest BCUT2D eigenvalue weighted by Gasteiger charge is 2.34. The zero-order chi connectivity index (χ0) is 10.2. The van der Waals surface area contributed by atoms with Crippen LogP contribution < -0.4 is 0 Å². The quantitative estimate of drug-likeness (QED) is 0.658. The summed E-state index contributed by atoms with van der Waals surface area (Å²) in [5, 5.41) is 7.72. The van der Waals surface area contributed by atoms with Gasteiger partial charge in [-0.25, -0.2) is 4.39 Å². The van der Waals surface area contributed by atoms with Crippen LogP contribution in [0.25, 0.3) is 0 Å². The summed E-state index contributed by atoms with van der Waals surface area (Å²) in [5.41, 5.74) is -1.26. The Hall–Kier alpha value is -0.970. The Labute approximate surface area is 75.6 Å². The van der Waals surface area contributed by atoms with Gasteiger partial charge in [0.05, 0.1) is 10.6 Å². The van der Waals surface area contributed by atoms with Crippen molar-refractivity contribution in [2.75, 3.05) is 0 Å². The summed E-state index contributed by atoms with van der Waals surface area (Å²) in [7, 11) is 0. The summed E-state index contributed by atoms with van der Waals surface area (Å²) in [5.74, 6) is -2.37. The van der Waals surface area contributed by atoms with Crippen molar-refractivity contribution < 1.29 is 22.7 Å². The Morgan fingerprint density at radius 2 is 1.77 bits per heavy atom. The molecule has 0 unspecified atom stereocenters. The Morgan fingerprint density at radius 1 is 1.23 bits per heavy atom. The normalized spacial score (nSPS) is 11.8. The molecule has 72 valence electrons. The number of alkyl halides is 3. The number of halogens is 5. The summed E-state index contributed by atoms with van der Waals surface area (Å²) >= 11 is 5.07. The molecule has 0 heterocycles. The van der Waals surface area contributed by atoms with Gasteiger partial charge in [0.15, 0.2) is 11.6 Å². The third kappa shape index (κ3) is 1.85. The number of phenolic OH excluding ortho intramolecular Hbond substituents is 1. The first kappa shape index (κ1) is 10.1. The molecule has 1 nitrogen and oxygen atoms in total. The molecule has 0 bridgehead atoms. The molecule has 0 fully saturated rings. The second-order valence-electron chi connectivity index (χ2n) is 2.26. The van der Waals surface area contributed by atoms with Crippen LogP contribution in [0.3, 0.4) is 0 Å². The monoisotopic (exact) mass is 214 g/mol.